The van der Waals surface area contributed by atoms with Gasteiger partial charge in [-0.3, -0.25) is 9.69 Å². The molecule has 1 atom stereocenters. The van der Waals surface area contributed by atoms with Crippen molar-refractivity contribution >= 4 is 46.6 Å². The smallest absolute Gasteiger partial charge is 0.238 e. The number of rotatable bonds is 6. The maximum absolute atomic E-state index is 12.5. The van der Waals surface area contributed by atoms with E-state index in [-0.39, 0.29) is 17.9 Å². The third-order valence-corrected chi connectivity index (χ3v) is 5.63. The van der Waals surface area contributed by atoms with E-state index in [2.05, 4.69) is 5.92 Å². The highest BCUT2D eigenvalue weighted by Gasteiger charge is 2.35. The molecular weight excluding hydrogens is 405 g/mol. The Morgan fingerprint density at radius 1 is 1.26 bits per heavy atom. The van der Waals surface area contributed by atoms with Crippen LogP contribution in [0.1, 0.15) is 17.9 Å². The molecule has 4 nitrogen and oxygen atoms in total. The molecule has 1 aliphatic heterocycles. The first-order chi connectivity index (χ1) is 13.0. The SMILES string of the molecule is C#CCOc1c(Cl)cc([C@@H]2SCC(=O)N2c2ccc(Cl)cc2)cc1OCC. The molecule has 1 fully saturated rings. The molecule has 27 heavy (non-hydrogen) atoms. The van der Waals surface area contributed by atoms with Crippen molar-refractivity contribution < 1.29 is 14.3 Å². The zero-order chi connectivity index (χ0) is 19.4. The van der Waals surface area contributed by atoms with Gasteiger partial charge in [-0.1, -0.05) is 29.1 Å². The van der Waals surface area contributed by atoms with Crippen molar-refractivity contribution in [2.75, 3.05) is 23.9 Å². The Kier molecular flexibility index (Phi) is 6.43. The molecular formula is C20H17Cl2NO3S. The van der Waals surface area contributed by atoms with Crippen LogP contribution in [0.25, 0.3) is 0 Å². The van der Waals surface area contributed by atoms with Gasteiger partial charge in [0, 0.05) is 10.7 Å². The van der Waals surface area contributed by atoms with E-state index in [1.165, 1.54) is 11.8 Å². The minimum Gasteiger partial charge on any atom is -0.490 e. The second-order valence-corrected chi connectivity index (χ2v) is 7.57. The van der Waals surface area contributed by atoms with E-state index in [1.54, 1.807) is 23.1 Å². The first kappa shape index (κ1) is 19.8. The fourth-order valence-electron chi connectivity index (χ4n) is 2.80. The first-order valence-electron chi connectivity index (χ1n) is 8.27. The maximum Gasteiger partial charge on any atom is 0.238 e. The van der Waals surface area contributed by atoms with Gasteiger partial charge < -0.3 is 9.47 Å². The number of amides is 1. The zero-order valence-corrected chi connectivity index (χ0v) is 16.9. The zero-order valence-electron chi connectivity index (χ0n) is 14.6. The Balaban J connectivity index is 1.99. The predicted molar refractivity (Wildman–Crippen MR) is 111 cm³/mol. The lowest BCUT2D eigenvalue weighted by molar-refractivity contribution is -0.115. The van der Waals surface area contributed by atoms with Crippen LogP contribution in [0.3, 0.4) is 0 Å². The Morgan fingerprint density at radius 3 is 2.67 bits per heavy atom. The van der Waals surface area contributed by atoms with Crippen LogP contribution in [0, 0.1) is 12.3 Å². The summed E-state index contributed by atoms with van der Waals surface area (Å²) in [5.74, 6) is 3.73. The summed E-state index contributed by atoms with van der Waals surface area (Å²) >= 11 is 13.9. The molecule has 1 saturated heterocycles. The molecule has 2 aromatic carbocycles. The number of hydrogen-bond acceptors (Lipinski definition) is 4. The molecule has 0 saturated carbocycles. The largest absolute Gasteiger partial charge is 0.490 e. The minimum absolute atomic E-state index is 0.0223. The van der Waals surface area contributed by atoms with Gasteiger partial charge in [0.2, 0.25) is 5.91 Å². The molecule has 140 valence electrons. The highest BCUT2D eigenvalue weighted by atomic mass is 35.5. The van der Waals surface area contributed by atoms with E-state index in [4.69, 9.17) is 39.1 Å². The number of terminal acetylenes is 1. The van der Waals surface area contributed by atoms with Gasteiger partial charge in [0.25, 0.3) is 0 Å². The number of halogens is 2. The highest BCUT2D eigenvalue weighted by molar-refractivity contribution is 8.00. The molecule has 0 N–H and O–H groups in total. The molecule has 0 bridgehead atoms. The summed E-state index contributed by atoms with van der Waals surface area (Å²) in [7, 11) is 0. The fourth-order valence-corrected chi connectivity index (χ4v) is 4.35. The van der Waals surface area contributed by atoms with Crippen LogP contribution < -0.4 is 14.4 Å². The van der Waals surface area contributed by atoms with Crippen LogP contribution in [0.4, 0.5) is 5.69 Å². The van der Waals surface area contributed by atoms with Crippen molar-refractivity contribution in [1.82, 2.24) is 0 Å². The summed E-state index contributed by atoms with van der Waals surface area (Å²) in [5, 5.41) is 0.783. The van der Waals surface area contributed by atoms with Gasteiger partial charge in [-0.05, 0) is 48.9 Å². The number of benzene rings is 2. The minimum atomic E-state index is -0.225. The third-order valence-electron chi connectivity index (χ3n) is 3.89. The lowest BCUT2D eigenvalue weighted by Crippen LogP contribution is -2.27. The third kappa shape index (κ3) is 4.30. The monoisotopic (exact) mass is 421 g/mol. The summed E-state index contributed by atoms with van der Waals surface area (Å²) in [6.07, 6.45) is 5.27. The standard InChI is InChI=1S/C20H17Cl2NO3S/c1-3-9-26-19-16(22)10-13(11-17(19)25-4-2)20-23(18(24)12-27-20)15-7-5-14(21)6-8-15/h1,5-8,10-11,20H,4,9,12H2,2H3/t20-/m0/s1. The number of nitrogens with zero attached hydrogens (tertiary/aromatic N) is 1. The summed E-state index contributed by atoms with van der Waals surface area (Å²) in [4.78, 5) is 14.2. The van der Waals surface area contributed by atoms with Gasteiger partial charge in [0.1, 0.15) is 12.0 Å². The van der Waals surface area contributed by atoms with Crippen LogP contribution in [-0.4, -0.2) is 24.9 Å². The average molecular weight is 422 g/mol. The van der Waals surface area contributed by atoms with Crippen molar-refractivity contribution in [3.05, 3.63) is 52.0 Å². The van der Waals surface area contributed by atoms with Crippen molar-refractivity contribution in [2.24, 2.45) is 0 Å². The average Bonchev–Trinajstić information content (AvgIpc) is 3.03. The van der Waals surface area contributed by atoms with E-state index in [9.17, 15) is 4.79 Å². The molecule has 2 aromatic rings. The maximum atomic E-state index is 12.5. The van der Waals surface area contributed by atoms with Crippen LogP contribution in [0.5, 0.6) is 11.5 Å². The molecule has 0 unspecified atom stereocenters. The predicted octanol–water partition coefficient (Wildman–Crippen LogP) is 5.18. The number of carbonyl (C=O) groups excluding carboxylic acids is 1. The first-order valence-corrected chi connectivity index (χ1v) is 10.1. The Hall–Kier alpha value is -2.00. The fraction of sp³-hybridized carbons (Fsp3) is 0.250. The van der Waals surface area contributed by atoms with Gasteiger partial charge in [0.05, 0.1) is 17.4 Å². The van der Waals surface area contributed by atoms with Crippen molar-refractivity contribution in [2.45, 2.75) is 12.3 Å². The van der Waals surface area contributed by atoms with Crippen LogP contribution in [-0.2, 0) is 4.79 Å². The quantitative estimate of drug-likeness (QED) is 0.602. The Labute approximate surface area is 172 Å². The van der Waals surface area contributed by atoms with Gasteiger partial charge in [-0.15, -0.1) is 18.2 Å². The van der Waals surface area contributed by atoms with Crippen LogP contribution in [0.2, 0.25) is 10.0 Å². The van der Waals surface area contributed by atoms with E-state index < -0.39 is 0 Å². The molecule has 7 heteroatoms. The van der Waals surface area contributed by atoms with E-state index >= 15 is 0 Å². The molecule has 1 heterocycles. The molecule has 1 amide bonds. The lowest BCUT2D eigenvalue weighted by Gasteiger charge is -2.25. The van der Waals surface area contributed by atoms with Crippen LogP contribution >= 0.6 is 35.0 Å². The summed E-state index contributed by atoms with van der Waals surface area (Å²) in [6, 6.07) is 10.8. The van der Waals surface area contributed by atoms with Gasteiger partial charge in [-0.2, -0.15) is 0 Å². The van der Waals surface area contributed by atoms with Gasteiger partial charge in [-0.25, -0.2) is 0 Å². The normalized spacial score (nSPS) is 16.3. The van der Waals surface area contributed by atoms with Gasteiger partial charge in [0.15, 0.2) is 11.5 Å². The molecule has 1 aliphatic rings. The van der Waals surface area contributed by atoms with E-state index in [0.717, 1.165) is 11.3 Å². The summed E-state index contributed by atoms with van der Waals surface area (Å²) in [6.45, 7) is 2.41. The molecule has 0 aliphatic carbocycles. The second-order valence-electron chi connectivity index (χ2n) is 5.66. The molecule has 0 spiro atoms. The Bertz CT molecular complexity index is 880. The molecule has 3 rings (SSSR count). The van der Waals surface area contributed by atoms with Crippen molar-refractivity contribution in [3.8, 4) is 23.8 Å². The van der Waals surface area contributed by atoms with E-state index in [0.29, 0.717) is 33.9 Å². The number of anilines is 1. The van der Waals surface area contributed by atoms with Gasteiger partial charge >= 0.3 is 0 Å². The summed E-state index contributed by atoms with van der Waals surface area (Å²) < 4.78 is 11.2. The molecule has 0 radical (unpaired) electrons. The highest BCUT2D eigenvalue weighted by Crippen LogP contribution is 2.46. The Morgan fingerprint density at radius 2 is 2.00 bits per heavy atom. The second kappa shape index (κ2) is 8.79. The number of carbonyl (C=O) groups is 1. The number of hydrogen-bond donors (Lipinski definition) is 0. The van der Waals surface area contributed by atoms with E-state index in [1.807, 2.05) is 25.1 Å². The number of thioether (sulfide) groups is 1. The van der Waals surface area contributed by atoms with Crippen molar-refractivity contribution in [3.63, 3.8) is 0 Å². The lowest BCUT2D eigenvalue weighted by atomic mass is 10.1. The van der Waals surface area contributed by atoms with Crippen LogP contribution in [0.15, 0.2) is 36.4 Å². The number of ether oxygens (including phenoxy) is 2. The summed E-state index contributed by atoms with van der Waals surface area (Å²) in [5.41, 5.74) is 1.63. The topological polar surface area (TPSA) is 38.8 Å². The molecule has 0 aromatic heterocycles. The van der Waals surface area contributed by atoms with Crippen molar-refractivity contribution in [1.29, 1.82) is 0 Å².